The van der Waals surface area contributed by atoms with Crippen molar-refractivity contribution in [3.63, 3.8) is 0 Å². The lowest BCUT2D eigenvalue weighted by atomic mass is 9.98. The van der Waals surface area contributed by atoms with Crippen LogP contribution in [0.3, 0.4) is 0 Å². The zero-order valence-electron chi connectivity index (χ0n) is 37.3. The molecule has 0 saturated carbocycles. The van der Waals surface area contributed by atoms with E-state index in [1.54, 1.807) is 0 Å². The molecule has 0 bridgehead atoms. The van der Waals surface area contributed by atoms with E-state index < -0.39 is 74.2 Å². The van der Waals surface area contributed by atoms with Crippen LogP contribution in [0.1, 0.15) is 226 Å². The van der Waals surface area contributed by atoms with Crippen molar-refractivity contribution in [2.45, 2.75) is 281 Å². The van der Waals surface area contributed by atoms with Gasteiger partial charge in [-0.3, -0.25) is 4.79 Å². The molecule has 1 aliphatic heterocycles. The van der Waals surface area contributed by atoms with Crippen LogP contribution >= 0.6 is 0 Å². The lowest BCUT2D eigenvalue weighted by Gasteiger charge is -2.40. The van der Waals surface area contributed by atoms with Crippen molar-refractivity contribution in [2.24, 2.45) is 0 Å². The van der Waals surface area contributed by atoms with Crippen molar-refractivity contribution in [1.82, 2.24) is 5.32 Å². The van der Waals surface area contributed by atoms with Crippen molar-refractivity contribution in [1.29, 1.82) is 0 Å². The number of carbonyl (C=O) groups excluding carboxylic acids is 1. The Balaban J connectivity index is 2.42. The molecule has 0 spiro atoms. The number of amides is 1. The Hall–Kier alpha value is -0.890. The summed E-state index contributed by atoms with van der Waals surface area (Å²) in [5, 5.41) is 75.8. The van der Waals surface area contributed by atoms with Crippen LogP contribution in [0, 0.1) is 0 Å². The van der Waals surface area contributed by atoms with Gasteiger partial charge in [0, 0.05) is 0 Å². The third-order valence-corrected chi connectivity index (χ3v) is 12.2. The molecule has 1 fully saturated rings. The highest BCUT2D eigenvalue weighted by Crippen LogP contribution is 2.23. The first kappa shape index (κ1) is 55.1. The van der Waals surface area contributed by atoms with E-state index in [9.17, 15) is 40.5 Å². The van der Waals surface area contributed by atoms with E-state index in [-0.39, 0.29) is 6.42 Å². The smallest absolute Gasteiger partial charge is 0.249 e. The number of carbonyl (C=O) groups is 1. The van der Waals surface area contributed by atoms with Crippen LogP contribution in [0.2, 0.25) is 0 Å². The molecular weight excluding hydrogens is 739 g/mol. The van der Waals surface area contributed by atoms with Gasteiger partial charge in [-0.25, -0.2) is 0 Å². The first-order valence-corrected chi connectivity index (χ1v) is 24.4. The molecular formula is C47H93NO10. The third kappa shape index (κ3) is 27.1. The lowest BCUT2D eigenvalue weighted by molar-refractivity contribution is -0.303. The van der Waals surface area contributed by atoms with Crippen LogP contribution < -0.4 is 5.32 Å². The molecule has 0 aromatic carbocycles. The number of hydrogen-bond acceptors (Lipinski definition) is 10. The van der Waals surface area contributed by atoms with Crippen LogP contribution in [0.15, 0.2) is 0 Å². The van der Waals surface area contributed by atoms with Crippen molar-refractivity contribution in [3.05, 3.63) is 0 Å². The average Bonchev–Trinajstić information content (AvgIpc) is 3.22. The minimum absolute atomic E-state index is 0.266. The molecule has 1 saturated heterocycles. The van der Waals surface area contributed by atoms with Gasteiger partial charge >= 0.3 is 0 Å². The summed E-state index contributed by atoms with van der Waals surface area (Å²) in [6.07, 6.45) is 27.1. The molecule has 9 atom stereocenters. The normalized spacial score (nSPS) is 21.8. The minimum atomic E-state index is -1.66. The zero-order chi connectivity index (χ0) is 42.6. The highest BCUT2D eigenvalue weighted by molar-refractivity contribution is 5.80. The topological polar surface area (TPSA) is 189 Å². The Bertz CT molecular complexity index is 913. The van der Waals surface area contributed by atoms with Crippen molar-refractivity contribution >= 4 is 5.91 Å². The fraction of sp³-hybridized carbons (Fsp3) is 0.979. The van der Waals surface area contributed by atoms with E-state index in [1.165, 1.54) is 148 Å². The number of aliphatic hydroxyl groups is 7. The summed E-state index contributed by atoms with van der Waals surface area (Å²) >= 11 is 0. The third-order valence-electron chi connectivity index (χ3n) is 12.2. The fourth-order valence-corrected chi connectivity index (χ4v) is 8.09. The van der Waals surface area contributed by atoms with Crippen molar-refractivity contribution in [2.75, 3.05) is 13.2 Å². The Morgan fingerprint density at radius 1 is 0.534 bits per heavy atom. The van der Waals surface area contributed by atoms with Gasteiger partial charge in [-0.05, 0) is 12.8 Å². The molecule has 58 heavy (non-hydrogen) atoms. The van der Waals surface area contributed by atoms with Crippen LogP contribution in [-0.4, -0.2) is 110 Å². The lowest BCUT2D eigenvalue weighted by Crippen LogP contribution is -2.60. The van der Waals surface area contributed by atoms with Gasteiger partial charge in [0.05, 0.1) is 25.4 Å². The molecule has 8 N–H and O–H groups in total. The molecule has 1 aliphatic rings. The summed E-state index contributed by atoms with van der Waals surface area (Å²) in [5.74, 6) is -0.693. The largest absolute Gasteiger partial charge is 0.394 e. The van der Waals surface area contributed by atoms with E-state index in [1.807, 2.05) is 0 Å². The predicted molar refractivity (Wildman–Crippen MR) is 233 cm³/mol. The quantitative estimate of drug-likeness (QED) is 0.0279. The Morgan fingerprint density at radius 3 is 1.28 bits per heavy atom. The molecule has 11 heteroatoms. The fourth-order valence-electron chi connectivity index (χ4n) is 8.09. The van der Waals surface area contributed by atoms with Gasteiger partial charge in [0.25, 0.3) is 0 Å². The average molecular weight is 832 g/mol. The first-order chi connectivity index (χ1) is 28.2. The molecule has 1 rings (SSSR count). The van der Waals surface area contributed by atoms with E-state index in [2.05, 4.69) is 19.2 Å². The van der Waals surface area contributed by atoms with E-state index in [0.29, 0.717) is 19.3 Å². The highest BCUT2D eigenvalue weighted by Gasteiger charge is 2.44. The number of rotatable bonds is 41. The van der Waals surface area contributed by atoms with Gasteiger partial charge in [0.15, 0.2) is 6.29 Å². The molecule has 0 aromatic heterocycles. The number of ether oxygens (including phenoxy) is 2. The van der Waals surface area contributed by atoms with Gasteiger partial charge in [0.1, 0.15) is 36.6 Å². The standard InChI is InChI=1S/C47H93NO10/c1-3-5-7-9-11-13-15-17-19-21-23-25-27-29-31-33-35-40(51)46(56)48-38(37-57-47-45(55)44(54)43(53)41(36-49)58-47)42(52)39(50)34-32-30-28-26-24-22-20-18-16-14-12-10-8-6-4-2/h38-45,47,49-55H,3-37H2,1-2H3,(H,48,56)/t38-,39+,40+,41+,42-,43-,44-,45+,47-/m0/s1. The number of hydrogen-bond donors (Lipinski definition) is 8. The van der Waals surface area contributed by atoms with E-state index >= 15 is 0 Å². The molecule has 1 amide bonds. The summed E-state index contributed by atoms with van der Waals surface area (Å²) < 4.78 is 11.1. The molecule has 346 valence electrons. The monoisotopic (exact) mass is 832 g/mol. The minimum Gasteiger partial charge on any atom is -0.394 e. The van der Waals surface area contributed by atoms with Gasteiger partial charge in [0.2, 0.25) is 5.91 Å². The Labute approximate surface area is 354 Å². The Kier molecular flexibility index (Phi) is 36.0. The molecule has 11 nitrogen and oxygen atoms in total. The van der Waals surface area contributed by atoms with Crippen LogP contribution in [0.5, 0.6) is 0 Å². The maximum absolute atomic E-state index is 13.1. The van der Waals surface area contributed by atoms with Gasteiger partial charge in [-0.15, -0.1) is 0 Å². The van der Waals surface area contributed by atoms with Gasteiger partial charge in [-0.1, -0.05) is 213 Å². The molecule has 0 radical (unpaired) electrons. The number of unbranched alkanes of at least 4 members (excludes halogenated alkanes) is 29. The highest BCUT2D eigenvalue weighted by atomic mass is 16.7. The molecule has 1 heterocycles. The van der Waals surface area contributed by atoms with Crippen LogP contribution in [0.25, 0.3) is 0 Å². The second kappa shape index (κ2) is 37.8. The number of aliphatic hydroxyl groups excluding tert-OH is 7. The summed E-state index contributed by atoms with van der Waals surface area (Å²) in [4.78, 5) is 13.1. The van der Waals surface area contributed by atoms with Crippen LogP contribution in [-0.2, 0) is 14.3 Å². The first-order valence-electron chi connectivity index (χ1n) is 24.4. The van der Waals surface area contributed by atoms with Gasteiger partial charge in [-0.2, -0.15) is 0 Å². The molecule has 0 aliphatic carbocycles. The van der Waals surface area contributed by atoms with Crippen molar-refractivity contribution in [3.8, 4) is 0 Å². The van der Waals surface area contributed by atoms with E-state index in [0.717, 1.165) is 38.5 Å². The number of nitrogens with one attached hydrogen (secondary N) is 1. The van der Waals surface area contributed by atoms with E-state index in [4.69, 9.17) is 9.47 Å². The molecule has 0 aromatic rings. The van der Waals surface area contributed by atoms with Crippen LogP contribution in [0.4, 0.5) is 0 Å². The second-order valence-corrected chi connectivity index (χ2v) is 17.5. The second-order valence-electron chi connectivity index (χ2n) is 17.5. The summed E-state index contributed by atoms with van der Waals surface area (Å²) in [5.41, 5.74) is 0. The Morgan fingerprint density at radius 2 is 0.897 bits per heavy atom. The zero-order valence-corrected chi connectivity index (χ0v) is 37.3. The maximum atomic E-state index is 13.1. The van der Waals surface area contributed by atoms with Gasteiger partial charge < -0.3 is 50.5 Å². The summed E-state index contributed by atoms with van der Waals surface area (Å²) in [6.45, 7) is 3.46. The summed E-state index contributed by atoms with van der Waals surface area (Å²) in [7, 11) is 0. The van der Waals surface area contributed by atoms with Crippen molar-refractivity contribution < 1.29 is 50.0 Å². The SMILES string of the molecule is CCCCCCCCCCCCCCCCCC[C@@H](O)C(=O)N[C@@H](CO[C@H]1O[C@H](CO)[C@H](O)[C@H](O)[C@H]1O)[C@H](O)[C@H](O)CCCCCCCCCCCCCCCCC. The molecule has 0 unspecified atom stereocenters. The predicted octanol–water partition coefficient (Wildman–Crippen LogP) is 8.28. The summed E-state index contributed by atoms with van der Waals surface area (Å²) in [6, 6.07) is -1.16. The maximum Gasteiger partial charge on any atom is 0.249 e.